The normalized spacial score (nSPS) is 10.5. The van der Waals surface area contributed by atoms with E-state index in [2.05, 4.69) is 41.8 Å². The summed E-state index contributed by atoms with van der Waals surface area (Å²) in [7, 11) is 1.60. The first-order valence-electron chi connectivity index (χ1n) is 8.62. The Kier molecular flexibility index (Phi) is 7.35. The third kappa shape index (κ3) is 6.74. The van der Waals surface area contributed by atoms with Crippen molar-refractivity contribution in [2.75, 3.05) is 28.5 Å². The molecular formula is C17H26N8OS. The average molecular weight is 391 g/mol. The van der Waals surface area contributed by atoms with Crippen molar-refractivity contribution >= 4 is 40.9 Å². The van der Waals surface area contributed by atoms with Crippen LogP contribution in [0, 0.1) is 0 Å². The first-order chi connectivity index (χ1) is 12.9. The molecule has 9 nitrogen and oxygen atoms in total. The number of nitrogens with one attached hydrogen (secondary N) is 5. The molecule has 0 spiro atoms. The van der Waals surface area contributed by atoms with Gasteiger partial charge in [-0.3, -0.25) is 10.9 Å². The molecule has 0 saturated heterocycles. The van der Waals surface area contributed by atoms with E-state index in [4.69, 9.17) is 17.0 Å². The molecule has 1 heterocycles. The van der Waals surface area contributed by atoms with Gasteiger partial charge in [0.2, 0.25) is 17.8 Å². The summed E-state index contributed by atoms with van der Waals surface area (Å²) in [5.74, 6) is 1.96. The van der Waals surface area contributed by atoms with Gasteiger partial charge in [0.1, 0.15) is 5.75 Å². The van der Waals surface area contributed by atoms with Crippen LogP contribution in [0.5, 0.6) is 5.75 Å². The van der Waals surface area contributed by atoms with Crippen molar-refractivity contribution in [1.82, 2.24) is 20.4 Å². The van der Waals surface area contributed by atoms with E-state index >= 15 is 0 Å². The number of rotatable bonds is 8. The van der Waals surface area contributed by atoms with Gasteiger partial charge < -0.3 is 20.7 Å². The van der Waals surface area contributed by atoms with Crippen molar-refractivity contribution in [3.8, 4) is 5.75 Å². The molecule has 0 fully saturated rings. The van der Waals surface area contributed by atoms with Gasteiger partial charge in [0, 0.05) is 12.1 Å². The van der Waals surface area contributed by atoms with Crippen molar-refractivity contribution < 1.29 is 4.74 Å². The topological polar surface area (TPSA) is 108 Å². The first-order valence-corrected chi connectivity index (χ1v) is 9.03. The Morgan fingerprint density at radius 1 is 0.926 bits per heavy atom. The highest BCUT2D eigenvalue weighted by atomic mass is 32.1. The molecule has 0 aliphatic carbocycles. The maximum absolute atomic E-state index is 5.31. The number of benzene rings is 1. The molecule has 0 radical (unpaired) electrons. The molecule has 0 aliphatic rings. The van der Waals surface area contributed by atoms with Crippen molar-refractivity contribution in [1.29, 1.82) is 0 Å². The van der Waals surface area contributed by atoms with E-state index < -0.39 is 0 Å². The number of hydrogen-bond donors (Lipinski definition) is 5. The fraction of sp³-hybridized carbons (Fsp3) is 0.412. The van der Waals surface area contributed by atoms with Gasteiger partial charge in [-0.25, -0.2) is 0 Å². The van der Waals surface area contributed by atoms with Crippen LogP contribution in [-0.4, -0.2) is 39.3 Å². The minimum Gasteiger partial charge on any atom is -0.495 e. The molecule has 27 heavy (non-hydrogen) atoms. The van der Waals surface area contributed by atoms with E-state index in [1.807, 2.05) is 52.0 Å². The van der Waals surface area contributed by atoms with E-state index in [9.17, 15) is 0 Å². The average Bonchev–Trinajstić information content (AvgIpc) is 2.59. The molecule has 0 amide bonds. The Labute approximate surface area is 164 Å². The molecule has 0 aliphatic heterocycles. The van der Waals surface area contributed by atoms with Gasteiger partial charge in [-0.1, -0.05) is 12.1 Å². The van der Waals surface area contributed by atoms with Crippen molar-refractivity contribution in [2.45, 2.75) is 39.8 Å². The van der Waals surface area contributed by atoms with Crippen LogP contribution in [-0.2, 0) is 0 Å². The summed E-state index contributed by atoms with van der Waals surface area (Å²) >= 11 is 5.31. The maximum atomic E-state index is 5.31. The fourth-order valence-electron chi connectivity index (χ4n) is 2.09. The molecule has 146 valence electrons. The second-order valence-corrected chi connectivity index (χ2v) is 6.72. The summed E-state index contributed by atoms with van der Waals surface area (Å²) in [6, 6.07) is 7.86. The number of hydrogen-bond acceptors (Lipinski definition) is 8. The van der Waals surface area contributed by atoms with Crippen LogP contribution < -0.4 is 31.5 Å². The predicted molar refractivity (Wildman–Crippen MR) is 113 cm³/mol. The van der Waals surface area contributed by atoms with Gasteiger partial charge >= 0.3 is 0 Å². The van der Waals surface area contributed by atoms with Gasteiger partial charge in [-0.2, -0.15) is 15.0 Å². The molecule has 0 saturated carbocycles. The van der Waals surface area contributed by atoms with Gasteiger partial charge in [0.15, 0.2) is 5.11 Å². The van der Waals surface area contributed by atoms with Crippen LogP contribution in [0.3, 0.4) is 0 Å². The van der Waals surface area contributed by atoms with E-state index in [1.165, 1.54) is 0 Å². The SMILES string of the molecule is COc1ccccc1NC(=S)NNc1nc(NC(C)C)nc(NC(C)C)n1. The van der Waals surface area contributed by atoms with E-state index in [1.54, 1.807) is 7.11 Å². The smallest absolute Gasteiger partial charge is 0.248 e. The standard InChI is InChI=1S/C17H26N8OS/c1-10(2)18-14-21-15(19-11(3)4)23-16(22-14)24-25-17(27)20-12-8-6-7-9-13(12)26-5/h6-11H,1-5H3,(H2,20,25,27)(H3,18,19,21,22,23,24). The number of hydrazine groups is 1. The van der Waals surface area contributed by atoms with Crippen LogP contribution in [0.25, 0.3) is 0 Å². The monoisotopic (exact) mass is 390 g/mol. The first kappa shape index (κ1) is 20.4. The summed E-state index contributed by atoms with van der Waals surface area (Å²) in [5, 5.41) is 9.73. The number of thiocarbonyl (C=S) groups is 1. The Morgan fingerprint density at radius 3 is 2.04 bits per heavy atom. The zero-order valence-electron chi connectivity index (χ0n) is 16.1. The van der Waals surface area contributed by atoms with Crippen LogP contribution >= 0.6 is 12.2 Å². The molecule has 2 rings (SSSR count). The quantitative estimate of drug-likeness (QED) is 0.341. The number of ether oxygens (including phenoxy) is 1. The maximum Gasteiger partial charge on any atom is 0.248 e. The zero-order chi connectivity index (χ0) is 19.8. The largest absolute Gasteiger partial charge is 0.495 e. The molecular weight excluding hydrogens is 364 g/mol. The van der Waals surface area contributed by atoms with Crippen LogP contribution in [0.1, 0.15) is 27.7 Å². The highest BCUT2D eigenvalue weighted by Crippen LogP contribution is 2.22. The molecule has 0 bridgehead atoms. The van der Waals surface area contributed by atoms with Crippen molar-refractivity contribution in [3.63, 3.8) is 0 Å². The number of aromatic nitrogens is 3. The second kappa shape index (κ2) is 9.72. The Balaban J connectivity index is 2.05. The lowest BCUT2D eigenvalue weighted by molar-refractivity contribution is 0.417. The third-order valence-corrected chi connectivity index (χ3v) is 3.32. The zero-order valence-corrected chi connectivity index (χ0v) is 16.9. The summed E-state index contributed by atoms with van der Waals surface area (Å²) in [6.45, 7) is 8.04. The van der Waals surface area contributed by atoms with Crippen molar-refractivity contribution in [2.24, 2.45) is 0 Å². The Morgan fingerprint density at radius 2 is 1.48 bits per heavy atom. The Bertz CT molecular complexity index is 740. The van der Waals surface area contributed by atoms with E-state index in [-0.39, 0.29) is 12.1 Å². The van der Waals surface area contributed by atoms with Crippen LogP contribution in [0.4, 0.5) is 23.5 Å². The second-order valence-electron chi connectivity index (χ2n) is 6.31. The van der Waals surface area contributed by atoms with Crippen LogP contribution in [0.15, 0.2) is 24.3 Å². The molecule has 2 aromatic rings. The number of anilines is 4. The summed E-state index contributed by atoms with van der Waals surface area (Å²) in [4.78, 5) is 13.0. The van der Waals surface area contributed by atoms with Crippen LogP contribution in [0.2, 0.25) is 0 Å². The summed E-state index contributed by atoms with van der Waals surface area (Å²) in [5.41, 5.74) is 6.51. The fourth-order valence-corrected chi connectivity index (χ4v) is 2.25. The predicted octanol–water partition coefficient (Wildman–Crippen LogP) is 2.83. The highest BCUT2D eigenvalue weighted by molar-refractivity contribution is 7.80. The third-order valence-electron chi connectivity index (χ3n) is 3.11. The lowest BCUT2D eigenvalue weighted by Crippen LogP contribution is -2.34. The molecule has 5 N–H and O–H groups in total. The highest BCUT2D eigenvalue weighted by Gasteiger charge is 2.09. The lowest BCUT2D eigenvalue weighted by atomic mass is 10.3. The summed E-state index contributed by atoms with van der Waals surface area (Å²) < 4.78 is 5.29. The van der Waals surface area contributed by atoms with E-state index in [0.29, 0.717) is 28.7 Å². The van der Waals surface area contributed by atoms with Crippen molar-refractivity contribution in [3.05, 3.63) is 24.3 Å². The lowest BCUT2D eigenvalue weighted by Gasteiger charge is -2.16. The van der Waals surface area contributed by atoms with Gasteiger partial charge in [-0.15, -0.1) is 0 Å². The number of nitrogens with zero attached hydrogens (tertiary/aromatic N) is 3. The van der Waals surface area contributed by atoms with E-state index in [0.717, 1.165) is 5.69 Å². The molecule has 1 aromatic carbocycles. The molecule has 1 aromatic heterocycles. The molecule has 10 heteroatoms. The van der Waals surface area contributed by atoms with Gasteiger partial charge in [-0.05, 0) is 52.0 Å². The summed E-state index contributed by atoms with van der Waals surface area (Å²) in [6.07, 6.45) is 0. The molecule has 0 atom stereocenters. The van der Waals surface area contributed by atoms with Gasteiger partial charge in [0.25, 0.3) is 0 Å². The number of para-hydroxylation sites is 2. The Hall–Kier alpha value is -2.88. The molecule has 0 unspecified atom stereocenters. The minimum atomic E-state index is 0.188. The van der Waals surface area contributed by atoms with Gasteiger partial charge in [0.05, 0.1) is 12.8 Å². The minimum absolute atomic E-state index is 0.188. The number of methoxy groups -OCH3 is 1.